The van der Waals surface area contributed by atoms with Crippen molar-refractivity contribution in [2.24, 2.45) is 0 Å². The third-order valence-electron chi connectivity index (χ3n) is 1.41. The summed E-state index contributed by atoms with van der Waals surface area (Å²) in [6.45, 7) is 3.74. The zero-order valence-electron chi connectivity index (χ0n) is 7.25. The molecule has 1 rings (SSSR count). The zero-order chi connectivity index (χ0) is 10.6. The molecule has 0 aliphatic rings. The minimum atomic E-state index is -0.598. The number of Topliss-reactive ketones (excluding diaryl/α,β-unsaturated/α-hetero) is 1. The van der Waals surface area contributed by atoms with Gasteiger partial charge >= 0.3 is 0 Å². The number of carbonyl (C=O) groups excluding carboxylic acids is 2. The van der Waals surface area contributed by atoms with Gasteiger partial charge in [0.1, 0.15) is 0 Å². The van der Waals surface area contributed by atoms with Gasteiger partial charge < -0.3 is 5.32 Å². The second-order valence-electron chi connectivity index (χ2n) is 2.43. The van der Waals surface area contributed by atoms with Crippen LogP contribution in [0.4, 0.5) is 0 Å². The summed E-state index contributed by atoms with van der Waals surface area (Å²) in [6, 6.07) is 3.35. The first-order valence-electron chi connectivity index (χ1n) is 3.84. The van der Waals surface area contributed by atoms with Crippen molar-refractivity contribution in [1.82, 2.24) is 5.32 Å². The van der Waals surface area contributed by atoms with Gasteiger partial charge in [0.25, 0.3) is 11.7 Å². The third-order valence-corrected chi connectivity index (χ3v) is 3.03. The molecule has 14 heavy (non-hydrogen) atoms. The van der Waals surface area contributed by atoms with E-state index in [0.29, 0.717) is 11.4 Å². The molecule has 0 spiro atoms. The van der Waals surface area contributed by atoms with Gasteiger partial charge in [-0.1, -0.05) is 6.08 Å². The lowest BCUT2D eigenvalue weighted by atomic mass is 10.3. The van der Waals surface area contributed by atoms with Crippen molar-refractivity contribution in [2.75, 3.05) is 6.54 Å². The van der Waals surface area contributed by atoms with Crippen LogP contribution in [0, 0.1) is 0 Å². The Balaban J connectivity index is 2.65. The molecule has 1 N–H and O–H groups in total. The first kappa shape index (κ1) is 11.1. The molecular formula is C9H8BrNO2S. The summed E-state index contributed by atoms with van der Waals surface area (Å²) in [7, 11) is 0. The van der Waals surface area contributed by atoms with Crippen LogP contribution in [0.2, 0.25) is 0 Å². The normalized spacial score (nSPS) is 9.50. The molecule has 1 aromatic rings. The Morgan fingerprint density at radius 1 is 1.57 bits per heavy atom. The van der Waals surface area contributed by atoms with Gasteiger partial charge in [-0.25, -0.2) is 0 Å². The fraction of sp³-hybridized carbons (Fsp3) is 0.111. The van der Waals surface area contributed by atoms with Crippen LogP contribution in [0.25, 0.3) is 0 Å². The smallest absolute Gasteiger partial charge is 0.293 e. The molecule has 0 unspecified atom stereocenters. The fourth-order valence-electron chi connectivity index (χ4n) is 0.793. The van der Waals surface area contributed by atoms with Crippen LogP contribution < -0.4 is 5.32 Å². The van der Waals surface area contributed by atoms with Gasteiger partial charge in [0.15, 0.2) is 0 Å². The summed E-state index contributed by atoms with van der Waals surface area (Å²) >= 11 is 4.46. The van der Waals surface area contributed by atoms with Crippen molar-refractivity contribution in [2.45, 2.75) is 0 Å². The van der Waals surface area contributed by atoms with Gasteiger partial charge in [0.05, 0.1) is 8.66 Å². The van der Waals surface area contributed by atoms with Crippen LogP contribution >= 0.6 is 27.3 Å². The summed E-state index contributed by atoms with van der Waals surface area (Å²) in [5.74, 6) is -1.11. The molecule has 0 saturated carbocycles. The summed E-state index contributed by atoms with van der Waals surface area (Å²) in [5.41, 5.74) is 0. The van der Waals surface area contributed by atoms with Crippen molar-refractivity contribution in [1.29, 1.82) is 0 Å². The molecule has 0 aliphatic heterocycles. The third kappa shape index (κ3) is 2.78. The monoisotopic (exact) mass is 273 g/mol. The van der Waals surface area contributed by atoms with Crippen LogP contribution in [0.1, 0.15) is 9.67 Å². The molecule has 0 aliphatic carbocycles. The van der Waals surface area contributed by atoms with E-state index in [2.05, 4.69) is 27.8 Å². The van der Waals surface area contributed by atoms with Gasteiger partial charge in [0, 0.05) is 6.54 Å². The van der Waals surface area contributed by atoms with Crippen molar-refractivity contribution < 1.29 is 9.59 Å². The standard InChI is InChI=1S/C9H8BrNO2S/c1-2-5-11-9(13)8(12)6-3-4-7(10)14-6/h2-4H,1,5H2,(H,11,13). The Hall–Kier alpha value is -0.940. The molecule has 0 radical (unpaired) electrons. The van der Waals surface area contributed by atoms with Crippen molar-refractivity contribution >= 4 is 39.0 Å². The van der Waals surface area contributed by atoms with Crippen LogP contribution in [-0.2, 0) is 4.79 Å². The van der Waals surface area contributed by atoms with Crippen LogP contribution in [-0.4, -0.2) is 18.2 Å². The summed E-state index contributed by atoms with van der Waals surface area (Å²) in [4.78, 5) is 23.0. The second kappa shape index (κ2) is 5.07. The van der Waals surface area contributed by atoms with Crippen molar-refractivity contribution in [3.8, 4) is 0 Å². The number of nitrogens with one attached hydrogen (secondary N) is 1. The van der Waals surface area contributed by atoms with E-state index < -0.39 is 11.7 Å². The highest BCUT2D eigenvalue weighted by Crippen LogP contribution is 2.22. The molecule has 1 aromatic heterocycles. The Bertz CT molecular complexity index is 373. The van der Waals surface area contributed by atoms with Gasteiger partial charge in [-0.15, -0.1) is 17.9 Å². The minimum Gasteiger partial charge on any atom is -0.346 e. The van der Waals surface area contributed by atoms with E-state index in [0.717, 1.165) is 3.79 Å². The SMILES string of the molecule is C=CCNC(=O)C(=O)c1ccc(Br)s1. The predicted molar refractivity (Wildman–Crippen MR) is 59.6 cm³/mol. The molecule has 3 nitrogen and oxygen atoms in total. The molecule has 5 heteroatoms. The van der Waals surface area contributed by atoms with E-state index in [1.165, 1.54) is 17.4 Å². The van der Waals surface area contributed by atoms with Crippen LogP contribution in [0.15, 0.2) is 28.6 Å². The summed E-state index contributed by atoms with van der Waals surface area (Å²) in [5, 5.41) is 2.42. The number of halogens is 1. The molecule has 0 saturated heterocycles. The van der Waals surface area contributed by atoms with Crippen molar-refractivity contribution in [3.63, 3.8) is 0 Å². The molecular weight excluding hydrogens is 266 g/mol. The second-order valence-corrected chi connectivity index (χ2v) is 4.89. The maximum atomic E-state index is 11.4. The number of ketones is 1. The molecule has 0 atom stereocenters. The number of hydrogen-bond donors (Lipinski definition) is 1. The molecule has 0 aromatic carbocycles. The maximum Gasteiger partial charge on any atom is 0.293 e. The van der Waals surface area contributed by atoms with E-state index in [-0.39, 0.29) is 0 Å². The highest BCUT2D eigenvalue weighted by atomic mass is 79.9. The van der Waals surface area contributed by atoms with E-state index >= 15 is 0 Å². The number of amides is 1. The van der Waals surface area contributed by atoms with Gasteiger partial charge in [-0.05, 0) is 28.1 Å². The van der Waals surface area contributed by atoms with Crippen LogP contribution in [0.3, 0.4) is 0 Å². The number of thiophene rings is 1. The zero-order valence-corrected chi connectivity index (χ0v) is 9.65. The lowest BCUT2D eigenvalue weighted by molar-refractivity contribution is -0.116. The summed E-state index contributed by atoms with van der Waals surface area (Å²) < 4.78 is 0.831. The lowest BCUT2D eigenvalue weighted by Crippen LogP contribution is -2.30. The van der Waals surface area contributed by atoms with Crippen molar-refractivity contribution in [3.05, 3.63) is 33.5 Å². The van der Waals surface area contributed by atoms with Gasteiger partial charge in [-0.3, -0.25) is 9.59 Å². The minimum absolute atomic E-state index is 0.303. The first-order chi connectivity index (χ1) is 6.65. The molecule has 1 heterocycles. The molecule has 74 valence electrons. The van der Waals surface area contributed by atoms with Gasteiger partial charge in [-0.2, -0.15) is 0 Å². The Kier molecular flexibility index (Phi) is 4.03. The average molecular weight is 274 g/mol. The van der Waals surface area contributed by atoms with E-state index in [4.69, 9.17) is 0 Å². The topological polar surface area (TPSA) is 46.2 Å². The fourth-order valence-corrected chi connectivity index (χ4v) is 2.12. The Morgan fingerprint density at radius 2 is 2.29 bits per heavy atom. The number of carbonyl (C=O) groups is 2. The molecule has 0 bridgehead atoms. The van der Waals surface area contributed by atoms with E-state index in [1.54, 1.807) is 12.1 Å². The Morgan fingerprint density at radius 3 is 2.79 bits per heavy atom. The molecule has 1 amide bonds. The van der Waals surface area contributed by atoms with E-state index in [9.17, 15) is 9.59 Å². The summed E-state index contributed by atoms with van der Waals surface area (Å²) in [6.07, 6.45) is 1.52. The van der Waals surface area contributed by atoms with Crippen LogP contribution in [0.5, 0.6) is 0 Å². The van der Waals surface area contributed by atoms with Gasteiger partial charge in [0.2, 0.25) is 0 Å². The lowest BCUT2D eigenvalue weighted by Gasteiger charge is -1.97. The molecule has 0 fully saturated rings. The Labute approximate surface area is 93.9 Å². The predicted octanol–water partition coefficient (Wildman–Crippen LogP) is 2.00. The average Bonchev–Trinajstić information content (AvgIpc) is 2.60. The quantitative estimate of drug-likeness (QED) is 0.518. The largest absolute Gasteiger partial charge is 0.346 e. The first-order valence-corrected chi connectivity index (χ1v) is 5.45. The van der Waals surface area contributed by atoms with E-state index in [1.807, 2.05) is 0 Å². The highest BCUT2D eigenvalue weighted by Gasteiger charge is 2.16. The maximum absolute atomic E-state index is 11.4. The highest BCUT2D eigenvalue weighted by molar-refractivity contribution is 9.11. The number of rotatable bonds is 4. The number of hydrogen-bond acceptors (Lipinski definition) is 3.